The third-order valence-corrected chi connectivity index (χ3v) is 4.63. The number of Topliss-reactive ketones (excluding diaryl/α,β-unsaturated/α-hetero) is 1. The van der Waals surface area contributed by atoms with Gasteiger partial charge in [-0.05, 0) is 31.9 Å². The second kappa shape index (κ2) is 6.36. The normalized spacial score (nSPS) is 14.7. The number of hydrogen-bond acceptors (Lipinski definition) is 4. The molecule has 0 bridgehead atoms. The maximum absolute atomic E-state index is 12.0. The van der Waals surface area contributed by atoms with Gasteiger partial charge in [0.15, 0.2) is 5.78 Å². The van der Waals surface area contributed by atoms with Gasteiger partial charge in [-0.1, -0.05) is 12.1 Å². The van der Waals surface area contributed by atoms with Crippen molar-refractivity contribution in [2.75, 3.05) is 6.54 Å². The van der Waals surface area contributed by atoms with E-state index in [4.69, 9.17) is 0 Å². The van der Waals surface area contributed by atoms with Crippen molar-refractivity contribution >= 4 is 21.7 Å². The molecule has 1 saturated carbocycles. The van der Waals surface area contributed by atoms with Crippen molar-refractivity contribution in [2.45, 2.75) is 37.1 Å². The molecule has 21 heavy (non-hydrogen) atoms. The average Bonchev–Trinajstić information content (AvgIpc) is 3.22. The molecule has 0 radical (unpaired) electrons. The smallest absolute Gasteiger partial charge is 0.240 e. The first kappa shape index (κ1) is 15.7. The highest BCUT2D eigenvalue weighted by Crippen LogP contribution is 2.18. The van der Waals surface area contributed by atoms with Gasteiger partial charge in [0.2, 0.25) is 15.9 Å². The third kappa shape index (κ3) is 4.64. The van der Waals surface area contributed by atoms with Crippen LogP contribution in [-0.2, 0) is 14.8 Å². The number of hydrogen-bond donors (Lipinski definition) is 2. The van der Waals surface area contributed by atoms with E-state index in [-0.39, 0.29) is 35.6 Å². The zero-order chi connectivity index (χ0) is 15.5. The third-order valence-electron chi connectivity index (χ3n) is 3.16. The number of ketones is 1. The largest absolute Gasteiger partial charge is 0.353 e. The lowest BCUT2D eigenvalue weighted by Gasteiger charge is -2.07. The second-order valence-electron chi connectivity index (χ2n) is 5.07. The molecule has 2 N–H and O–H groups in total. The van der Waals surface area contributed by atoms with Crippen molar-refractivity contribution in [2.24, 2.45) is 0 Å². The van der Waals surface area contributed by atoms with Crippen LogP contribution in [0.15, 0.2) is 29.2 Å². The molecule has 2 rings (SSSR count). The summed E-state index contributed by atoms with van der Waals surface area (Å²) in [5, 5.41) is 2.79. The molecule has 114 valence electrons. The van der Waals surface area contributed by atoms with Crippen LogP contribution in [0.1, 0.15) is 36.5 Å². The van der Waals surface area contributed by atoms with Crippen molar-refractivity contribution in [3.05, 3.63) is 29.8 Å². The Morgan fingerprint density at radius 1 is 1.19 bits per heavy atom. The zero-order valence-corrected chi connectivity index (χ0v) is 12.6. The Balaban J connectivity index is 1.88. The van der Waals surface area contributed by atoms with E-state index in [1.54, 1.807) is 0 Å². The highest BCUT2D eigenvalue weighted by Gasteiger charge is 2.23. The summed E-state index contributed by atoms with van der Waals surface area (Å²) < 4.78 is 26.4. The average molecular weight is 310 g/mol. The predicted molar refractivity (Wildman–Crippen MR) is 77.4 cm³/mol. The molecule has 1 aliphatic carbocycles. The Hall–Kier alpha value is -1.73. The molecule has 0 aliphatic heterocycles. The summed E-state index contributed by atoms with van der Waals surface area (Å²) in [6, 6.07) is 5.97. The molecule has 1 aliphatic rings. The van der Waals surface area contributed by atoms with Crippen LogP contribution in [0, 0.1) is 0 Å². The van der Waals surface area contributed by atoms with Crippen LogP contribution in [0.2, 0.25) is 0 Å². The summed E-state index contributed by atoms with van der Waals surface area (Å²) in [6.45, 7) is 1.47. The minimum Gasteiger partial charge on any atom is -0.353 e. The number of benzene rings is 1. The van der Waals surface area contributed by atoms with Crippen molar-refractivity contribution in [1.29, 1.82) is 0 Å². The Bertz CT molecular complexity index is 633. The van der Waals surface area contributed by atoms with Gasteiger partial charge in [-0.3, -0.25) is 9.59 Å². The van der Waals surface area contributed by atoms with Gasteiger partial charge in [0.25, 0.3) is 0 Å². The minimum atomic E-state index is -3.65. The molecule has 1 fully saturated rings. The molecule has 6 nitrogen and oxygen atoms in total. The minimum absolute atomic E-state index is 0.0509. The van der Waals surface area contributed by atoms with Gasteiger partial charge in [-0.25, -0.2) is 13.1 Å². The summed E-state index contributed by atoms with van der Waals surface area (Å²) >= 11 is 0. The fraction of sp³-hybridized carbons (Fsp3) is 0.429. The van der Waals surface area contributed by atoms with Gasteiger partial charge in [0, 0.05) is 24.6 Å². The Morgan fingerprint density at radius 2 is 1.81 bits per heavy atom. The zero-order valence-electron chi connectivity index (χ0n) is 11.8. The first-order chi connectivity index (χ1) is 9.88. The first-order valence-electron chi connectivity index (χ1n) is 6.78. The van der Waals surface area contributed by atoms with Crippen LogP contribution in [-0.4, -0.2) is 32.7 Å². The van der Waals surface area contributed by atoms with E-state index in [9.17, 15) is 18.0 Å². The lowest BCUT2D eigenvalue weighted by molar-refractivity contribution is -0.121. The van der Waals surface area contributed by atoms with Crippen LogP contribution < -0.4 is 10.0 Å². The highest BCUT2D eigenvalue weighted by molar-refractivity contribution is 7.89. The maximum atomic E-state index is 12.0. The maximum Gasteiger partial charge on any atom is 0.240 e. The second-order valence-corrected chi connectivity index (χ2v) is 6.84. The molecule has 0 aromatic heterocycles. The van der Waals surface area contributed by atoms with E-state index in [0.717, 1.165) is 12.8 Å². The van der Waals surface area contributed by atoms with Crippen LogP contribution in [0.5, 0.6) is 0 Å². The van der Waals surface area contributed by atoms with Gasteiger partial charge in [0.1, 0.15) is 0 Å². The van der Waals surface area contributed by atoms with Gasteiger partial charge in [0.05, 0.1) is 4.90 Å². The van der Waals surface area contributed by atoms with Gasteiger partial charge in [-0.15, -0.1) is 0 Å². The van der Waals surface area contributed by atoms with Crippen molar-refractivity contribution in [3.63, 3.8) is 0 Å². The first-order valence-corrected chi connectivity index (χ1v) is 8.27. The van der Waals surface area contributed by atoms with Crippen LogP contribution >= 0.6 is 0 Å². The Kier molecular flexibility index (Phi) is 4.74. The molecular formula is C14H18N2O4S. The quantitative estimate of drug-likeness (QED) is 0.730. The molecule has 0 unspecified atom stereocenters. The number of nitrogens with one attached hydrogen (secondary N) is 2. The van der Waals surface area contributed by atoms with Crippen molar-refractivity contribution in [1.82, 2.24) is 10.0 Å². The van der Waals surface area contributed by atoms with Gasteiger partial charge in [-0.2, -0.15) is 0 Å². The lowest BCUT2D eigenvalue weighted by Crippen LogP contribution is -2.31. The molecule has 0 atom stereocenters. The molecule has 1 amide bonds. The highest BCUT2D eigenvalue weighted by atomic mass is 32.2. The van der Waals surface area contributed by atoms with Crippen LogP contribution in [0.4, 0.5) is 0 Å². The molecule has 0 heterocycles. The molecule has 1 aromatic rings. The number of rotatable bonds is 7. The SMILES string of the molecule is CC(=O)c1ccc(S(=O)(=O)NCCC(=O)NC2CC2)cc1. The van der Waals surface area contributed by atoms with Gasteiger partial charge < -0.3 is 5.32 Å². The van der Waals surface area contributed by atoms with Gasteiger partial charge >= 0.3 is 0 Å². The van der Waals surface area contributed by atoms with Crippen LogP contribution in [0.25, 0.3) is 0 Å². The lowest BCUT2D eigenvalue weighted by atomic mass is 10.2. The molecule has 0 spiro atoms. The van der Waals surface area contributed by atoms with E-state index < -0.39 is 10.0 Å². The molecular weight excluding hydrogens is 292 g/mol. The Labute approximate surface area is 124 Å². The topological polar surface area (TPSA) is 92.3 Å². The Morgan fingerprint density at radius 3 is 2.33 bits per heavy atom. The fourth-order valence-corrected chi connectivity index (χ4v) is 2.81. The summed E-state index contributed by atoms with van der Waals surface area (Å²) in [4.78, 5) is 22.7. The number of amides is 1. The number of carbonyl (C=O) groups excluding carboxylic acids is 2. The molecule has 1 aromatic carbocycles. The summed E-state index contributed by atoms with van der Waals surface area (Å²) in [5.74, 6) is -0.268. The monoisotopic (exact) mass is 310 g/mol. The van der Waals surface area contributed by atoms with E-state index in [1.807, 2.05) is 0 Å². The van der Waals surface area contributed by atoms with Crippen molar-refractivity contribution in [3.8, 4) is 0 Å². The predicted octanol–water partition coefficient (Wildman–Crippen LogP) is 0.836. The number of sulfonamides is 1. The summed E-state index contributed by atoms with van der Waals surface area (Å²) in [7, 11) is -3.65. The fourth-order valence-electron chi connectivity index (χ4n) is 1.78. The standard InChI is InChI=1S/C14H18N2O4S/c1-10(17)11-2-6-13(7-3-11)21(19,20)15-9-8-14(18)16-12-4-5-12/h2-3,6-7,12,15H,4-5,8-9H2,1H3,(H,16,18). The van der Waals surface area contributed by atoms with Crippen molar-refractivity contribution < 1.29 is 18.0 Å². The summed E-state index contributed by atoms with van der Waals surface area (Å²) in [6.07, 6.45) is 2.11. The van der Waals surface area contributed by atoms with Crippen LogP contribution in [0.3, 0.4) is 0 Å². The number of carbonyl (C=O) groups is 2. The molecule has 7 heteroatoms. The summed E-state index contributed by atoms with van der Waals surface area (Å²) in [5.41, 5.74) is 0.456. The van der Waals surface area contributed by atoms with E-state index in [2.05, 4.69) is 10.0 Å². The van der Waals surface area contributed by atoms with E-state index in [1.165, 1.54) is 31.2 Å². The van der Waals surface area contributed by atoms with E-state index >= 15 is 0 Å². The molecule has 0 saturated heterocycles. The van der Waals surface area contributed by atoms with E-state index in [0.29, 0.717) is 5.56 Å².